The number of esters is 2. The highest BCUT2D eigenvalue weighted by Crippen LogP contribution is 2.57. The molecule has 0 saturated heterocycles. The number of ether oxygens (including phenoxy) is 2. The van der Waals surface area contributed by atoms with Gasteiger partial charge < -0.3 is 9.47 Å². The van der Waals surface area contributed by atoms with Crippen LogP contribution in [0, 0.1) is 0 Å². The molecule has 1 aliphatic carbocycles. The number of carbonyl (C=O) groups is 2. The van der Waals surface area contributed by atoms with Gasteiger partial charge in [0.25, 0.3) is 0 Å². The van der Waals surface area contributed by atoms with E-state index in [1.54, 1.807) is 13.8 Å². The third-order valence-electron chi connectivity index (χ3n) is 7.60. The summed E-state index contributed by atoms with van der Waals surface area (Å²) in [5.74, 6) is -0.0290. The lowest BCUT2D eigenvalue weighted by molar-refractivity contribution is -0.130. The van der Waals surface area contributed by atoms with Gasteiger partial charge in [-0.05, 0) is 94.4 Å². The number of hydrogen-bond acceptors (Lipinski definition) is 4. The maximum absolute atomic E-state index is 12.2. The zero-order chi connectivity index (χ0) is 28.7. The molecule has 0 aromatic heterocycles. The molecule has 0 heterocycles. The Balaban J connectivity index is 1.59. The van der Waals surface area contributed by atoms with Gasteiger partial charge in [-0.15, -0.1) is 0 Å². The van der Waals surface area contributed by atoms with Gasteiger partial charge in [-0.25, -0.2) is 9.59 Å². The quantitative estimate of drug-likeness (QED) is 0.122. The Bertz CT molecular complexity index is 1790. The molecule has 5 aromatic carbocycles. The minimum atomic E-state index is -0.677. The molecule has 1 aliphatic rings. The summed E-state index contributed by atoms with van der Waals surface area (Å²) in [5.41, 5.74) is 6.63. The van der Waals surface area contributed by atoms with Gasteiger partial charge >= 0.3 is 11.9 Å². The van der Waals surface area contributed by atoms with Crippen molar-refractivity contribution >= 4 is 22.7 Å². The highest BCUT2D eigenvalue weighted by Gasteiger charge is 2.46. The van der Waals surface area contributed by atoms with Crippen molar-refractivity contribution in [3.05, 3.63) is 156 Å². The van der Waals surface area contributed by atoms with Gasteiger partial charge in [0.2, 0.25) is 0 Å². The lowest BCUT2D eigenvalue weighted by Gasteiger charge is -2.34. The number of rotatable bonds is 6. The zero-order valence-electron chi connectivity index (χ0n) is 22.9. The Labute approximate surface area is 239 Å². The summed E-state index contributed by atoms with van der Waals surface area (Å²) < 4.78 is 11.0. The topological polar surface area (TPSA) is 52.6 Å². The molecule has 4 heteroatoms. The molecular formula is C37H28O4. The van der Waals surface area contributed by atoms with Gasteiger partial charge in [-0.1, -0.05) is 86.0 Å². The molecule has 200 valence electrons. The van der Waals surface area contributed by atoms with Crippen LogP contribution in [0.3, 0.4) is 0 Å². The number of carbonyl (C=O) groups excluding carboxylic acids is 2. The first-order valence-electron chi connectivity index (χ1n) is 13.4. The Kier molecular flexibility index (Phi) is 6.39. The minimum Gasteiger partial charge on any atom is -0.423 e. The van der Waals surface area contributed by atoms with Crippen molar-refractivity contribution in [2.75, 3.05) is 0 Å². The molecule has 0 N–H and O–H groups in total. The monoisotopic (exact) mass is 536 g/mol. The lowest BCUT2D eigenvalue weighted by atomic mass is 9.67. The molecule has 0 bridgehead atoms. The van der Waals surface area contributed by atoms with E-state index in [4.69, 9.17) is 9.47 Å². The first-order chi connectivity index (χ1) is 19.8. The molecule has 0 saturated carbocycles. The van der Waals surface area contributed by atoms with Crippen molar-refractivity contribution in [1.29, 1.82) is 0 Å². The largest absolute Gasteiger partial charge is 0.423 e. The summed E-state index contributed by atoms with van der Waals surface area (Å²) in [7, 11) is 0. The predicted octanol–water partition coefficient (Wildman–Crippen LogP) is 8.17. The van der Waals surface area contributed by atoms with Crippen LogP contribution < -0.4 is 9.47 Å². The molecule has 0 unspecified atom stereocenters. The van der Waals surface area contributed by atoms with Crippen LogP contribution in [0.4, 0.5) is 0 Å². The molecule has 4 nitrogen and oxygen atoms in total. The molecule has 41 heavy (non-hydrogen) atoms. The van der Waals surface area contributed by atoms with Gasteiger partial charge in [-0.2, -0.15) is 0 Å². The highest BCUT2D eigenvalue weighted by molar-refractivity contribution is 5.96. The Morgan fingerprint density at radius 1 is 0.561 bits per heavy atom. The van der Waals surface area contributed by atoms with Crippen molar-refractivity contribution in [2.45, 2.75) is 19.3 Å². The SMILES string of the molecule is C=C(C)C(=O)Oc1ccc(C2(c3ccc(OC(=O)C(=C)C)cc3)c3ccccc3-c3cc4ccccc4cc32)cc1. The van der Waals surface area contributed by atoms with E-state index in [1.807, 2.05) is 54.6 Å². The summed E-state index contributed by atoms with van der Waals surface area (Å²) in [5, 5.41) is 2.31. The van der Waals surface area contributed by atoms with Crippen LogP contribution in [0.5, 0.6) is 11.5 Å². The van der Waals surface area contributed by atoms with Gasteiger partial charge in [0.15, 0.2) is 0 Å². The summed E-state index contributed by atoms with van der Waals surface area (Å²) in [4.78, 5) is 24.4. The molecule has 6 rings (SSSR count). The van der Waals surface area contributed by atoms with Crippen molar-refractivity contribution in [2.24, 2.45) is 0 Å². The summed E-state index contributed by atoms with van der Waals surface area (Å²) in [6.07, 6.45) is 0. The van der Waals surface area contributed by atoms with E-state index in [-0.39, 0.29) is 0 Å². The standard InChI is InChI=1S/C37H28O4/c1-23(2)35(38)40-29-17-13-27(14-18-29)37(28-15-19-30(20-16-28)41-36(39)24(3)4)33-12-8-7-11-31(33)32-21-25-9-5-6-10-26(25)22-34(32)37/h5-22H,1,3H2,2,4H3. The average Bonchev–Trinajstić information content (AvgIpc) is 3.26. The van der Waals surface area contributed by atoms with Crippen molar-refractivity contribution in [1.82, 2.24) is 0 Å². The van der Waals surface area contributed by atoms with Crippen molar-refractivity contribution in [3.8, 4) is 22.6 Å². The van der Waals surface area contributed by atoms with Crippen LogP contribution in [-0.4, -0.2) is 11.9 Å². The second-order valence-electron chi connectivity index (χ2n) is 10.4. The molecular weight excluding hydrogens is 508 g/mol. The Morgan fingerprint density at radius 3 is 1.54 bits per heavy atom. The highest BCUT2D eigenvalue weighted by atomic mass is 16.5. The van der Waals surface area contributed by atoms with E-state index in [9.17, 15) is 9.59 Å². The number of fused-ring (bicyclic) bond motifs is 4. The molecule has 0 aliphatic heterocycles. The van der Waals surface area contributed by atoms with Crippen molar-refractivity contribution < 1.29 is 19.1 Å². The van der Waals surface area contributed by atoms with Crippen LogP contribution in [0.15, 0.2) is 133 Å². The minimum absolute atomic E-state index is 0.337. The first-order valence-corrected chi connectivity index (χ1v) is 13.4. The fourth-order valence-electron chi connectivity index (χ4n) is 5.69. The molecule has 0 atom stereocenters. The molecule has 0 fully saturated rings. The maximum Gasteiger partial charge on any atom is 0.338 e. The maximum atomic E-state index is 12.2. The van der Waals surface area contributed by atoms with E-state index in [1.165, 1.54) is 5.39 Å². The van der Waals surface area contributed by atoms with Crippen LogP contribution in [0.1, 0.15) is 36.1 Å². The van der Waals surface area contributed by atoms with Crippen LogP contribution >= 0.6 is 0 Å². The molecule has 0 spiro atoms. The third kappa shape index (κ3) is 4.34. The van der Waals surface area contributed by atoms with Crippen LogP contribution in [-0.2, 0) is 15.0 Å². The fourth-order valence-corrected chi connectivity index (χ4v) is 5.69. The van der Waals surface area contributed by atoms with E-state index in [0.29, 0.717) is 22.6 Å². The second-order valence-corrected chi connectivity index (χ2v) is 10.4. The van der Waals surface area contributed by atoms with E-state index in [0.717, 1.165) is 38.8 Å². The normalized spacial score (nSPS) is 12.7. The lowest BCUT2D eigenvalue weighted by Crippen LogP contribution is -2.28. The van der Waals surface area contributed by atoms with E-state index < -0.39 is 17.4 Å². The molecule has 0 radical (unpaired) electrons. The smallest absolute Gasteiger partial charge is 0.338 e. The summed E-state index contributed by atoms with van der Waals surface area (Å²) in [6.45, 7) is 10.6. The van der Waals surface area contributed by atoms with Crippen LogP contribution in [0.2, 0.25) is 0 Å². The third-order valence-corrected chi connectivity index (χ3v) is 7.60. The van der Waals surface area contributed by atoms with E-state index >= 15 is 0 Å². The zero-order valence-corrected chi connectivity index (χ0v) is 22.9. The molecule has 0 amide bonds. The van der Waals surface area contributed by atoms with Gasteiger partial charge in [0.1, 0.15) is 11.5 Å². The van der Waals surface area contributed by atoms with Gasteiger partial charge in [-0.3, -0.25) is 0 Å². The number of hydrogen-bond donors (Lipinski definition) is 0. The average molecular weight is 537 g/mol. The van der Waals surface area contributed by atoms with Crippen LogP contribution in [0.25, 0.3) is 21.9 Å². The summed E-state index contributed by atoms with van der Waals surface area (Å²) in [6, 6.07) is 36.7. The Morgan fingerprint density at radius 2 is 1.02 bits per heavy atom. The van der Waals surface area contributed by atoms with Gasteiger partial charge in [0, 0.05) is 11.1 Å². The fraction of sp³-hybridized carbons (Fsp3) is 0.0811. The van der Waals surface area contributed by atoms with Crippen molar-refractivity contribution in [3.63, 3.8) is 0 Å². The summed E-state index contributed by atoms with van der Waals surface area (Å²) >= 11 is 0. The molecule has 5 aromatic rings. The first kappa shape index (κ1) is 26.0. The Hall–Kier alpha value is -5.22. The predicted molar refractivity (Wildman–Crippen MR) is 162 cm³/mol. The second kappa shape index (κ2) is 10.1. The van der Waals surface area contributed by atoms with E-state index in [2.05, 4.69) is 67.8 Å². The van der Waals surface area contributed by atoms with Gasteiger partial charge in [0.05, 0.1) is 5.41 Å². The number of benzene rings is 5.